The summed E-state index contributed by atoms with van der Waals surface area (Å²) >= 11 is 0. The molecule has 1 amide bonds. The SMILES string of the molecule is CN(C(=O)C1(C)C=CCC1)c1ccccc1. The van der Waals surface area contributed by atoms with Crippen LogP contribution in [0, 0.1) is 5.41 Å². The molecule has 16 heavy (non-hydrogen) atoms. The summed E-state index contributed by atoms with van der Waals surface area (Å²) in [5, 5.41) is 0. The number of amides is 1. The first kappa shape index (κ1) is 10.9. The number of hydrogen-bond acceptors (Lipinski definition) is 1. The monoisotopic (exact) mass is 215 g/mol. The van der Waals surface area contributed by atoms with Crippen LogP contribution in [0.15, 0.2) is 42.5 Å². The smallest absolute Gasteiger partial charge is 0.236 e. The van der Waals surface area contributed by atoms with Crippen LogP contribution in [0.4, 0.5) is 5.69 Å². The fraction of sp³-hybridized carbons (Fsp3) is 0.357. The van der Waals surface area contributed by atoms with Crippen LogP contribution in [-0.2, 0) is 4.79 Å². The highest BCUT2D eigenvalue weighted by molar-refractivity contribution is 5.98. The van der Waals surface area contributed by atoms with E-state index >= 15 is 0 Å². The van der Waals surface area contributed by atoms with Gasteiger partial charge in [-0.2, -0.15) is 0 Å². The number of para-hydroxylation sites is 1. The minimum atomic E-state index is -0.315. The third-order valence-electron chi connectivity index (χ3n) is 3.25. The van der Waals surface area contributed by atoms with Crippen LogP contribution in [0.2, 0.25) is 0 Å². The third kappa shape index (κ3) is 1.87. The maximum atomic E-state index is 12.3. The molecule has 0 aromatic heterocycles. The molecule has 1 atom stereocenters. The van der Waals surface area contributed by atoms with E-state index in [1.165, 1.54) is 0 Å². The number of rotatable bonds is 2. The van der Waals surface area contributed by atoms with E-state index in [4.69, 9.17) is 0 Å². The van der Waals surface area contributed by atoms with Gasteiger partial charge in [-0.1, -0.05) is 30.4 Å². The van der Waals surface area contributed by atoms with Crippen molar-refractivity contribution in [1.29, 1.82) is 0 Å². The van der Waals surface area contributed by atoms with Crippen LogP contribution in [0.5, 0.6) is 0 Å². The van der Waals surface area contributed by atoms with E-state index in [1.54, 1.807) is 4.90 Å². The van der Waals surface area contributed by atoms with Gasteiger partial charge in [0.15, 0.2) is 0 Å². The third-order valence-corrected chi connectivity index (χ3v) is 3.25. The molecule has 0 bridgehead atoms. The summed E-state index contributed by atoms with van der Waals surface area (Å²) in [6.45, 7) is 2.01. The Balaban J connectivity index is 2.20. The fourth-order valence-corrected chi connectivity index (χ4v) is 2.14. The molecule has 1 aliphatic rings. The second-order valence-electron chi connectivity index (χ2n) is 4.56. The van der Waals surface area contributed by atoms with Crippen LogP contribution in [-0.4, -0.2) is 13.0 Å². The number of carbonyl (C=O) groups excluding carboxylic acids is 1. The van der Waals surface area contributed by atoms with Crippen molar-refractivity contribution in [2.75, 3.05) is 11.9 Å². The largest absolute Gasteiger partial charge is 0.315 e. The molecule has 0 heterocycles. The summed E-state index contributed by atoms with van der Waals surface area (Å²) in [4.78, 5) is 14.1. The number of nitrogens with zero attached hydrogens (tertiary/aromatic N) is 1. The molecular formula is C14H17NO. The van der Waals surface area contributed by atoms with Crippen LogP contribution in [0.25, 0.3) is 0 Å². The van der Waals surface area contributed by atoms with E-state index in [0.717, 1.165) is 18.5 Å². The Kier molecular flexibility index (Phi) is 2.82. The highest BCUT2D eigenvalue weighted by Crippen LogP contribution is 2.34. The normalized spacial score (nSPS) is 23.4. The number of carbonyl (C=O) groups is 1. The summed E-state index contributed by atoms with van der Waals surface area (Å²) in [5.74, 6) is 0.174. The van der Waals surface area contributed by atoms with Gasteiger partial charge in [-0.15, -0.1) is 0 Å². The molecule has 0 aliphatic heterocycles. The van der Waals surface area contributed by atoms with Crippen molar-refractivity contribution in [2.45, 2.75) is 19.8 Å². The Morgan fingerprint density at radius 2 is 2.00 bits per heavy atom. The summed E-state index contributed by atoms with van der Waals surface area (Å²) in [6.07, 6.45) is 6.05. The minimum absolute atomic E-state index is 0.174. The maximum absolute atomic E-state index is 12.3. The van der Waals surface area contributed by atoms with Crippen LogP contribution in [0.3, 0.4) is 0 Å². The average molecular weight is 215 g/mol. The molecule has 0 spiro atoms. The lowest BCUT2D eigenvalue weighted by Crippen LogP contribution is -2.38. The molecule has 0 saturated carbocycles. The lowest BCUT2D eigenvalue weighted by Gasteiger charge is -2.27. The first-order valence-electron chi connectivity index (χ1n) is 5.64. The molecule has 0 N–H and O–H groups in total. The zero-order valence-electron chi connectivity index (χ0n) is 9.81. The van der Waals surface area contributed by atoms with E-state index in [9.17, 15) is 4.79 Å². The van der Waals surface area contributed by atoms with Crippen molar-refractivity contribution >= 4 is 11.6 Å². The van der Waals surface area contributed by atoms with Gasteiger partial charge in [0, 0.05) is 12.7 Å². The molecule has 0 fully saturated rings. The number of allylic oxidation sites excluding steroid dienone is 1. The number of anilines is 1. The Morgan fingerprint density at radius 3 is 2.56 bits per heavy atom. The standard InChI is InChI=1S/C14H17NO/c1-14(10-6-7-11-14)13(16)15(2)12-8-4-3-5-9-12/h3-6,8-10H,7,11H2,1-2H3. The van der Waals surface area contributed by atoms with Gasteiger partial charge in [0.1, 0.15) is 0 Å². The maximum Gasteiger partial charge on any atom is 0.236 e. The molecule has 2 heteroatoms. The quantitative estimate of drug-likeness (QED) is 0.694. The van der Waals surface area contributed by atoms with Crippen molar-refractivity contribution in [3.05, 3.63) is 42.5 Å². The Labute approximate surface area is 96.6 Å². The molecule has 2 nitrogen and oxygen atoms in total. The van der Waals surface area contributed by atoms with Crippen molar-refractivity contribution < 1.29 is 4.79 Å². The Bertz CT molecular complexity index is 410. The molecule has 0 radical (unpaired) electrons. The van der Waals surface area contributed by atoms with Crippen molar-refractivity contribution in [3.8, 4) is 0 Å². The first-order chi connectivity index (χ1) is 7.63. The second-order valence-corrected chi connectivity index (χ2v) is 4.56. The summed E-state index contributed by atoms with van der Waals surface area (Å²) in [5.41, 5.74) is 0.638. The molecule has 84 valence electrons. The molecule has 1 aromatic rings. The first-order valence-corrected chi connectivity index (χ1v) is 5.64. The zero-order chi connectivity index (χ0) is 11.6. The van der Waals surface area contributed by atoms with E-state index in [1.807, 2.05) is 50.4 Å². The van der Waals surface area contributed by atoms with Crippen LogP contribution >= 0.6 is 0 Å². The Morgan fingerprint density at radius 1 is 1.31 bits per heavy atom. The Hall–Kier alpha value is -1.57. The lowest BCUT2D eigenvalue weighted by molar-refractivity contribution is -0.124. The highest BCUT2D eigenvalue weighted by Gasteiger charge is 2.35. The van der Waals surface area contributed by atoms with Gasteiger partial charge in [-0.25, -0.2) is 0 Å². The summed E-state index contributed by atoms with van der Waals surface area (Å²) in [7, 11) is 1.84. The zero-order valence-corrected chi connectivity index (χ0v) is 9.81. The van der Waals surface area contributed by atoms with Gasteiger partial charge in [0.25, 0.3) is 0 Å². The van der Waals surface area contributed by atoms with E-state index in [2.05, 4.69) is 6.08 Å². The predicted octanol–water partition coefficient (Wildman–Crippen LogP) is 3.01. The van der Waals surface area contributed by atoms with Crippen molar-refractivity contribution in [1.82, 2.24) is 0 Å². The van der Waals surface area contributed by atoms with Crippen molar-refractivity contribution in [2.24, 2.45) is 5.41 Å². The molecule has 2 rings (SSSR count). The highest BCUT2D eigenvalue weighted by atomic mass is 16.2. The topological polar surface area (TPSA) is 20.3 Å². The minimum Gasteiger partial charge on any atom is -0.315 e. The van der Waals surface area contributed by atoms with E-state index in [-0.39, 0.29) is 11.3 Å². The van der Waals surface area contributed by atoms with Crippen molar-refractivity contribution in [3.63, 3.8) is 0 Å². The van der Waals surface area contributed by atoms with Gasteiger partial charge < -0.3 is 4.90 Å². The summed E-state index contributed by atoms with van der Waals surface area (Å²) in [6, 6.07) is 9.77. The predicted molar refractivity (Wildman–Crippen MR) is 66.3 cm³/mol. The molecular weight excluding hydrogens is 198 g/mol. The average Bonchev–Trinajstić information content (AvgIpc) is 2.77. The van der Waals surface area contributed by atoms with Gasteiger partial charge in [0.05, 0.1) is 5.41 Å². The lowest BCUT2D eigenvalue weighted by atomic mass is 9.88. The number of benzene rings is 1. The molecule has 1 aliphatic carbocycles. The van der Waals surface area contributed by atoms with Gasteiger partial charge in [-0.05, 0) is 31.9 Å². The van der Waals surface area contributed by atoms with Gasteiger partial charge in [-0.3, -0.25) is 4.79 Å². The molecule has 1 unspecified atom stereocenters. The van der Waals surface area contributed by atoms with E-state index in [0.29, 0.717) is 0 Å². The second kappa shape index (κ2) is 4.12. The van der Waals surface area contributed by atoms with Gasteiger partial charge >= 0.3 is 0 Å². The van der Waals surface area contributed by atoms with Crippen LogP contribution in [0.1, 0.15) is 19.8 Å². The molecule has 1 aromatic carbocycles. The van der Waals surface area contributed by atoms with E-state index < -0.39 is 0 Å². The number of hydrogen-bond donors (Lipinski definition) is 0. The summed E-state index contributed by atoms with van der Waals surface area (Å²) < 4.78 is 0. The van der Waals surface area contributed by atoms with Crippen LogP contribution < -0.4 is 4.90 Å². The fourth-order valence-electron chi connectivity index (χ4n) is 2.14. The van der Waals surface area contributed by atoms with Gasteiger partial charge in [0.2, 0.25) is 5.91 Å². The molecule has 0 saturated heterocycles.